The summed E-state index contributed by atoms with van der Waals surface area (Å²) in [4.78, 5) is 27.5. The molecule has 0 fully saturated rings. The van der Waals surface area contributed by atoms with Crippen LogP contribution in [0.5, 0.6) is 0 Å². The number of nitrogens with one attached hydrogen (secondary N) is 1. The summed E-state index contributed by atoms with van der Waals surface area (Å²) in [6, 6.07) is 12.6. The maximum atomic E-state index is 13.0. The van der Waals surface area contributed by atoms with E-state index in [-0.39, 0.29) is 17.7 Å². The van der Waals surface area contributed by atoms with Crippen molar-refractivity contribution >= 4 is 35.0 Å². The predicted molar refractivity (Wildman–Crippen MR) is 112 cm³/mol. The fraction of sp³-hybridized carbons (Fsp3) is 0.364. The number of hydrogen-bond acceptors (Lipinski definition) is 2. The van der Waals surface area contributed by atoms with Crippen molar-refractivity contribution in [3.05, 3.63) is 69.2 Å². The third-order valence-corrected chi connectivity index (χ3v) is 5.51. The summed E-state index contributed by atoms with van der Waals surface area (Å²) in [5.74, 6) is 0.0769. The second kappa shape index (κ2) is 8.97. The molecule has 2 amide bonds. The number of nitrogens with zero attached hydrogens (tertiary/aromatic N) is 1. The highest BCUT2D eigenvalue weighted by Gasteiger charge is 2.34. The van der Waals surface area contributed by atoms with Crippen molar-refractivity contribution in [2.75, 3.05) is 0 Å². The van der Waals surface area contributed by atoms with Gasteiger partial charge in [-0.05, 0) is 34.7 Å². The fourth-order valence-corrected chi connectivity index (χ4v) is 3.93. The van der Waals surface area contributed by atoms with Gasteiger partial charge in [0, 0.05) is 36.0 Å². The van der Waals surface area contributed by atoms with Crippen LogP contribution >= 0.6 is 23.2 Å². The second-order valence-corrected chi connectivity index (χ2v) is 8.41. The maximum Gasteiger partial charge on any atom is 0.243 e. The van der Waals surface area contributed by atoms with Crippen LogP contribution in [0.3, 0.4) is 0 Å². The zero-order valence-corrected chi connectivity index (χ0v) is 17.6. The number of amides is 2. The fourth-order valence-electron chi connectivity index (χ4n) is 3.45. The Morgan fingerprint density at radius 3 is 2.54 bits per heavy atom. The minimum atomic E-state index is -0.521. The third-order valence-electron chi connectivity index (χ3n) is 4.92. The van der Waals surface area contributed by atoms with Crippen molar-refractivity contribution in [1.29, 1.82) is 0 Å². The van der Waals surface area contributed by atoms with E-state index in [1.165, 1.54) is 0 Å². The molecule has 0 aromatic heterocycles. The van der Waals surface area contributed by atoms with Crippen LogP contribution in [-0.4, -0.2) is 22.8 Å². The number of benzene rings is 2. The molecule has 2 aromatic rings. The molecule has 1 unspecified atom stereocenters. The molecule has 0 bridgehead atoms. The number of halogens is 2. The molecule has 4 nitrogen and oxygen atoms in total. The summed E-state index contributed by atoms with van der Waals surface area (Å²) in [6.07, 6.45) is 0.940. The Balaban J connectivity index is 1.77. The molecule has 3 rings (SSSR count). The molecule has 1 atom stereocenters. The van der Waals surface area contributed by atoms with E-state index < -0.39 is 6.04 Å². The Labute approximate surface area is 175 Å². The lowest BCUT2D eigenvalue weighted by Gasteiger charge is -2.36. The van der Waals surface area contributed by atoms with Crippen LogP contribution in [-0.2, 0) is 29.1 Å². The Morgan fingerprint density at radius 1 is 1.14 bits per heavy atom. The average molecular weight is 419 g/mol. The van der Waals surface area contributed by atoms with Crippen molar-refractivity contribution in [2.24, 2.45) is 5.92 Å². The zero-order valence-electron chi connectivity index (χ0n) is 16.0. The summed E-state index contributed by atoms with van der Waals surface area (Å²) in [6.45, 7) is 4.77. The summed E-state index contributed by atoms with van der Waals surface area (Å²) in [7, 11) is 0. The monoisotopic (exact) mass is 418 g/mol. The van der Waals surface area contributed by atoms with Crippen molar-refractivity contribution in [2.45, 2.75) is 45.8 Å². The van der Waals surface area contributed by atoms with Gasteiger partial charge in [-0.2, -0.15) is 0 Å². The third kappa shape index (κ3) is 4.86. The van der Waals surface area contributed by atoms with Gasteiger partial charge in [0.25, 0.3) is 0 Å². The first-order valence-electron chi connectivity index (χ1n) is 9.43. The highest BCUT2D eigenvalue weighted by Crippen LogP contribution is 2.25. The molecule has 1 heterocycles. The molecule has 148 valence electrons. The van der Waals surface area contributed by atoms with Gasteiger partial charge in [0.05, 0.1) is 0 Å². The van der Waals surface area contributed by atoms with Gasteiger partial charge < -0.3 is 10.2 Å². The molecule has 0 spiro atoms. The number of fused-ring (bicyclic) bond motifs is 1. The number of rotatable bonds is 5. The second-order valence-electron chi connectivity index (χ2n) is 7.56. The Bertz CT molecular complexity index is 883. The van der Waals surface area contributed by atoms with Crippen LogP contribution < -0.4 is 5.32 Å². The molecule has 2 aromatic carbocycles. The van der Waals surface area contributed by atoms with Gasteiger partial charge in [0.15, 0.2) is 0 Å². The minimum absolute atomic E-state index is 0.00850. The molecule has 0 saturated carbocycles. The van der Waals surface area contributed by atoms with Crippen LogP contribution in [0, 0.1) is 5.92 Å². The highest BCUT2D eigenvalue weighted by atomic mass is 35.5. The molecule has 0 saturated heterocycles. The van der Waals surface area contributed by atoms with Crippen molar-refractivity contribution in [3.63, 3.8) is 0 Å². The predicted octanol–water partition coefficient (Wildman–Crippen LogP) is 4.61. The van der Waals surface area contributed by atoms with Crippen LogP contribution in [0.4, 0.5) is 0 Å². The van der Waals surface area contributed by atoms with Crippen LogP contribution in [0.15, 0.2) is 42.5 Å². The maximum absolute atomic E-state index is 13.0. The largest absolute Gasteiger partial charge is 0.350 e. The van der Waals surface area contributed by atoms with E-state index in [4.69, 9.17) is 23.2 Å². The number of carbonyl (C=O) groups excluding carboxylic acids is 2. The average Bonchev–Trinajstić information content (AvgIpc) is 2.65. The normalized spacial score (nSPS) is 16.0. The molecular weight excluding hydrogens is 395 g/mol. The van der Waals surface area contributed by atoms with E-state index >= 15 is 0 Å². The van der Waals surface area contributed by atoms with Gasteiger partial charge in [-0.25, -0.2) is 0 Å². The van der Waals surface area contributed by atoms with E-state index in [1.807, 2.05) is 38.1 Å². The van der Waals surface area contributed by atoms with Gasteiger partial charge in [0.2, 0.25) is 11.8 Å². The molecule has 1 aliphatic heterocycles. The Hall–Kier alpha value is -2.04. The molecular formula is C22H24Cl2N2O2. The molecule has 6 heteroatoms. The molecule has 0 aliphatic carbocycles. The van der Waals surface area contributed by atoms with Crippen molar-refractivity contribution in [1.82, 2.24) is 10.2 Å². The quantitative estimate of drug-likeness (QED) is 0.770. The van der Waals surface area contributed by atoms with Gasteiger partial charge >= 0.3 is 0 Å². The van der Waals surface area contributed by atoms with Gasteiger partial charge in [-0.15, -0.1) is 0 Å². The van der Waals surface area contributed by atoms with Crippen LogP contribution in [0.2, 0.25) is 10.0 Å². The highest BCUT2D eigenvalue weighted by molar-refractivity contribution is 6.35. The van der Waals surface area contributed by atoms with Crippen molar-refractivity contribution < 1.29 is 9.59 Å². The molecule has 28 heavy (non-hydrogen) atoms. The van der Waals surface area contributed by atoms with Gasteiger partial charge in [-0.3, -0.25) is 9.59 Å². The molecule has 0 radical (unpaired) electrons. The number of hydrogen-bond donors (Lipinski definition) is 1. The minimum Gasteiger partial charge on any atom is -0.350 e. The first-order valence-corrected chi connectivity index (χ1v) is 10.2. The van der Waals surface area contributed by atoms with E-state index in [0.717, 1.165) is 16.7 Å². The van der Waals surface area contributed by atoms with Crippen LogP contribution in [0.1, 0.15) is 37.0 Å². The van der Waals surface area contributed by atoms with E-state index in [0.29, 0.717) is 36.0 Å². The lowest BCUT2D eigenvalue weighted by atomic mass is 9.92. The Kier molecular flexibility index (Phi) is 6.63. The van der Waals surface area contributed by atoms with E-state index in [2.05, 4.69) is 5.32 Å². The first kappa shape index (κ1) is 20.7. The lowest BCUT2D eigenvalue weighted by molar-refractivity contribution is -0.142. The lowest BCUT2D eigenvalue weighted by Crippen LogP contribution is -2.52. The summed E-state index contributed by atoms with van der Waals surface area (Å²) >= 11 is 12.1. The van der Waals surface area contributed by atoms with Crippen molar-refractivity contribution in [3.8, 4) is 0 Å². The zero-order chi connectivity index (χ0) is 20.3. The van der Waals surface area contributed by atoms with Gasteiger partial charge in [0.1, 0.15) is 6.04 Å². The summed E-state index contributed by atoms with van der Waals surface area (Å²) in [5.41, 5.74) is 3.00. The standard InChI is InChI=1S/C22H24Cl2N2O2/c1-14(2)9-21(27)26-13-17-6-4-3-5-15(17)10-20(26)22(28)25-12-16-7-8-18(23)11-19(16)24/h3-8,11,14,20H,9-10,12-13H2,1-2H3,(H,25,28). The molecule has 1 N–H and O–H groups in total. The summed E-state index contributed by atoms with van der Waals surface area (Å²) < 4.78 is 0. The van der Waals surface area contributed by atoms with Gasteiger partial charge in [-0.1, -0.05) is 67.4 Å². The summed E-state index contributed by atoms with van der Waals surface area (Å²) in [5, 5.41) is 4.00. The first-order chi connectivity index (χ1) is 13.3. The van der Waals surface area contributed by atoms with E-state index in [1.54, 1.807) is 23.1 Å². The smallest absolute Gasteiger partial charge is 0.243 e. The molecule has 1 aliphatic rings. The Morgan fingerprint density at radius 2 is 1.86 bits per heavy atom. The number of carbonyl (C=O) groups is 2. The topological polar surface area (TPSA) is 49.4 Å². The van der Waals surface area contributed by atoms with Crippen LogP contribution in [0.25, 0.3) is 0 Å². The SMILES string of the molecule is CC(C)CC(=O)N1Cc2ccccc2CC1C(=O)NCc1ccc(Cl)cc1Cl. The van der Waals surface area contributed by atoms with E-state index in [9.17, 15) is 9.59 Å².